The molecular weight excluding hydrogens is 336 g/mol. The number of hydrogen-bond acceptors (Lipinski definition) is 4. The fourth-order valence-electron chi connectivity index (χ4n) is 3.54. The summed E-state index contributed by atoms with van der Waals surface area (Å²) in [5, 5.41) is 3.90. The molecule has 1 aromatic carbocycles. The van der Waals surface area contributed by atoms with Crippen molar-refractivity contribution < 1.29 is 12.9 Å². The van der Waals surface area contributed by atoms with Gasteiger partial charge in [0.2, 0.25) is 10.0 Å². The molecule has 6 heteroatoms. The third-order valence-corrected chi connectivity index (χ3v) is 7.10. The Balaban J connectivity index is 2.01. The summed E-state index contributed by atoms with van der Waals surface area (Å²) < 4.78 is 33.4. The summed E-state index contributed by atoms with van der Waals surface area (Å²) in [6.07, 6.45) is 5.95. The van der Waals surface area contributed by atoms with Gasteiger partial charge in [-0.1, -0.05) is 43.5 Å². The summed E-state index contributed by atoms with van der Waals surface area (Å²) >= 11 is 0. The average Bonchev–Trinajstić information content (AvgIpc) is 3.07. The SMILES string of the molecule is CCc1ccc(-c2cc(C)no2)cc1S(=O)(=O)N(C)C1CCCCC1. The average molecular weight is 362 g/mol. The first-order chi connectivity index (χ1) is 11.9. The van der Waals surface area contributed by atoms with Crippen LogP contribution in [0.5, 0.6) is 0 Å². The summed E-state index contributed by atoms with van der Waals surface area (Å²) in [5.74, 6) is 0.594. The van der Waals surface area contributed by atoms with Gasteiger partial charge in [-0.15, -0.1) is 0 Å². The molecule has 0 unspecified atom stereocenters. The molecule has 1 aliphatic carbocycles. The zero-order chi connectivity index (χ0) is 18.0. The number of rotatable bonds is 5. The van der Waals surface area contributed by atoms with Crippen molar-refractivity contribution in [2.24, 2.45) is 0 Å². The molecule has 25 heavy (non-hydrogen) atoms. The molecule has 1 saturated carbocycles. The van der Waals surface area contributed by atoms with Crippen LogP contribution in [-0.2, 0) is 16.4 Å². The summed E-state index contributed by atoms with van der Waals surface area (Å²) in [6.45, 7) is 3.83. The normalized spacial score (nSPS) is 16.5. The Morgan fingerprint density at radius 1 is 1.20 bits per heavy atom. The van der Waals surface area contributed by atoms with Gasteiger partial charge in [0.05, 0.1) is 10.6 Å². The van der Waals surface area contributed by atoms with Gasteiger partial charge in [0.25, 0.3) is 0 Å². The van der Waals surface area contributed by atoms with Crippen LogP contribution < -0.4 is 0 Å². The summed E-state index contributed by atoms with van der Waals surface area (Å²) in [6, 6.07) is 7.43. The van der Waals surface area contributed by atoms with Gasteiger partial charge in [0.15, 0.2) is 5.76 Å². The number of aryl methyl sites for hydroxylation is 2. The summed E-state index contributed by atoms with van der Waals surface area (Å²) in [5.41, 5.74) is 2.36. The topological polar surface area (TPSA) is 63.4 Å². The molecule has 0 aliphatic heterocycles. The second-order valence-electron chi connectivity index (χ2n) is 6.82. The molecule has 0 atom stereocenters. The van der Waals surface area contributed by atoms with Gasteiger partial charge in [-0.25, -0.2) is 8.42 Å². The Bertz CT molecular complexity index is 836. The lowest BCUT2D eigenvalue weighted by Gasteiger charge is -2.31. The van der Waals surface area contributed by atoms with Gasteiger partial charge in [-0.3, -0.25) is 0 Å². The van der Waals surface area contributed by atoms with Gasteiger partial charge < -0.3 is 4.52 Å². The number of hydrogen-bond donors (Lipinski definition) is 0. The molecule has 0 spiro atoms. The van der Waals surface area contributed by atoms with E-state index < -0.39 is 10.0 Å². The van der Waals surface area contributed by atoms with Gasteiger partial charge in [-0.2, -0.15) is 4.31 Å². The first-order valence-electron chi connectivity index (χ1n) is 8.98. The molecule has 1 aromatic heterocycles. The second kappa shape index (κ2) is 7.30. The van der Waals surface area contributed by atoms with Crippen molar-refractivity contribution in [3.05, 3.63) is 35.5 Å². The quantitative estimate of drug-likeness (QED) is 0.801. The van der Waals surface area contributed by atoms with Gasteiger partial charge in [0.1, 0.15) is 0 Å². The predicted molar refractivity (Wildman–Crippen MR) is 97.9 cm³/mol. The maximum absolute atomic E-state index is 13.3. The van der Waals surface area contributed by atoms with Gasteiger partial charge in [0, 0.05) is 24.7 Å². The Morgan fingerprint density at radius 2 is 1.92 bits per heavy atom. The van der Waals surface area contributed by atoms with E-state index in [4.69, 9.17) is 4.52 Å². The molecule has 5 nitrogen and oxygen atoms in total. The van der Waals surface area contributed by atoms with Crippen molar-refractivity contribution >= 4 is 10.0 Å². The molecule has 0 saturated heterocycles. The van der Waals surface area contributed by atoms with Crippen LogP contribution in [0.25, 0.3) is 11.3 Å². The van der Waals surface area contributed by atoms with Gasteiger partial charge in [-0.05, 0) is 37.8 Å². The van der Waals surface area contributed by atoms with E-state index in [1.165, 1.54) is 6.42 Å². The van der Waals surface area contributed by atoms with E-state index in [-0.39, 0.29) is 6.04 Å². The van der Waals surface area contributed by atoms with Crippen molar-refractivity contribution in [2.45, 2.75) is 63.3 Å². The largest absolute Gasteiger partial charge is 0.356 e. The highest BCUT2D eigenvalue weighted by Gasteiger charge is 2.30. The third kappa shape index (κ3) is 3.65. The molecular formula is C19H26N2O3S. The van der Waals surface area contributed by atoms with Gasteiger partial charge >= 0.3 is 0 Å². The van der Waals surface area contributed by atoms with E-state index in [1.807, 2.05) is 32.0 Å². The molecule has 0 bridgehead atoms. The third-order valence-electron chi connectivity index (χ3n) is 5.11. The van der Waals surface area contributed by atoms with E-state index in [9.17, 15) is 8.42 Å². The van der Waals surface area contributed by atoms with Crippen molar-refractivity contribution in [1.29, 1.82) is 0 Å². The van der Waals surface area contributed by atoms with Crippen molar-refractivity contribution in [2.75, 3.05) is 7.05 Å². The van der Waals surface area contributed by atoms with Crippen LogP contribution in [0.2, 0.25) is 0 Å². The molecule has 3 rings (SSSR count). The van der Waals surface area contributed by atoms with Crippen molar-refractivity contribution in [3.8, 4) is 11.3 Å². The highest BCUT2D eigenvalue weighted by atomic mass is 32.2. The fraction of sp³-hybridized carbons (Fsp3) is 0.526. The summed E-state index contributed by atoms with van der Waals surface area (Å²) in [4.78, 5) is 0.384. The van der Waals surface area contributed by atoms with Crippen LogP contribution in [0, 0.1) is 6.92 Å². The number of nitrogens with zero attached hydrogens (tertiary/aromatic N) is 2. The second-order valence-corrected chi connectivity index (χ2v) is 8.79. The number of benzene rings is 1. The molecule has 1 heterocycles. The first-order valence-corrected chi connectivity index (χ1v) is 10.4. The number of sulfonamides is 1. The van der Waals surface area contributed by atoms with Crippen molar-refractivity contribution in [3.63, 3.8) is 0 Å². The van der Waals surface area contributed by atoms with E-state index in [0.717, 1.165) is 42.5 Å². The Hall–Kier alpha value is -1.66. The predicted octanol–water partition coefficient (Wildman–Crippen LogP) is 4.17. The van der Waals surface area contributed by atoms with Crippen LogP contribution in [0.3, 0.4) is 0 Å². The van der Waals surface area contributed by atoms with Crippen LogP contribution in [0.4, 0.5) is 0 Å². The van der Waals surface area contributed by atoms with Crippen molar-refractivity contribution in [1.82, 2.24) is 9.46 Å². The van der Waals surface area contributed by atoms with E-state index in [1.54, 1.807) is 17.4 Å². The zero-order valence-corrected chi connectivity index (χ0v) is 16.0. The molecule has 2 aromatic rings. The highest BCUT2D eigenvalue weighted by Crippen LogP contribution is 2.31. The minimum absolute atomic E-state index is 0.0969. The molecule has 1 fully saturated rings. The van der Waals surface area contributed by atoms with Crippen LogP contribution in [0.15, 0.2) is 33.7 Å². The molecule has 0 N–H and O–H groups in total. The Morgan fingerprint density at radius 3 is 2.52 bits per heavy atom. The lowest BCUT2D eigenvalue weighted by atomic mass is 9.96. The standard InChI is InChI=1S/C19H26N2O3S/c1-4-15-10-11-16(18-12-14(2)20-24-18)13-19(15)25(22,23)21(3)17-8-6-5-7-9-17/h10-13,17H,4-9H2,1-3H3. The minimum Gasteiger partial charge on any atom is -0.356 e. The van der Waals surface area contributed by atoms with Crippen LogP contribution in [-0.4, -0.2) is 31.0 Å². The minimum atomic E-state index is -3.53. The summed E-state index contributed by atoms with van der Waals surface area (Å²) in [7, 11) is -1.82. The lowest BCUT2D eigenvalue weighted by molar-refractivity contribution is 0.285. The fourth-order valence-corrected chi connectivity index (χ4v) is 5.27. The molecule has 136 valence electrons. The molecule has 0 radical (unpaired) electrons. The monoisotopic (exact) mass is 362 g/mol. The van der Waals surface area contributed by atoms with E-state index in [2.05, 4.69) is 5.16 Å². The first kappa shape index (κ1) is 18.1. The maximum atomic E-state index is 13.3. The highest BCUT2D eigenvalue weighted by molar-refractivity contribution is 7.89. The smallest absolute Gasteiger partial charge is 0.243 e. The lowest BCUT2D eigenvalue weighted by Crippen LogP contribution is -2.38. The zero-order valence-electron chi connectivity index (χ0n) is 15.2. The van der Waals surface area contributed by atoms with E-state index in [0.29, 0.717) is 17.1 Å². The Labute approximate surface area is 150 Å². The molecule has 1 aliphatic rings. The number of aromatic nitrogens is 1. The van der Waals surface area contributed by atoms with Crippen LogP contribution >= 0.6 is 0 Å². The molecule has 0 amide bonds. The van der Waals surface area contributed by atoms with E-state index >= 15 is 0 Å². The van der Waals surface area contributed by atoms with Crippen LogP contribution in [0.1, 0.15) is 50.3 Å². The maximum Gasteiger partial charge on any atom is 0.243 e. The Kier molecular flexibility index (Phi) is 5.29.